The van der Waals surface area contributed by atoms with E-state index in [-0.39, 0.29) is 5.41 Å². The molecule has 0 spiro atoms. The molecule has 11 rings (SSSR count). The van der Waals surface area contributed by atoms with E-state index < -0.39 is 5.41 Å². The van der Waals surface area contributed by atoms with Crippen LogP contribution < -0.4 is 4.90 Å². The Morgan fingerprint density at radius 3 is 1.47 bits per heavy atom. The van der Waals surface area contributed by atoms with Crippen LogP contribution in [0.15, 0.2) is 234 Å². The molecule has 8 aromatic rings. The molecular formula is C56H41NS. The Kier molecular flexibility index (Phi) is 8.24. The van der Waals surface area contributed by atoms with Gasteiger partial charge in [0, 0.05) is 26.6 Å². The molecule has 276 valence electrons. The summed E-state index contributed by atoms with van der Waals surface area (Å²) in [4.78, 5) is 5.23. The van der Waals surface area contributed by atoms with Gasteiger partial charge in [-0.2, -0.15) is 0 Å². The highest BCUT2D eigenvalue weighted by Crippen LogP contribution is 2.66. The average molecular weight is 760 g/mol. The smallest absolute Gasteiger partial charge is 0.0721 e. The predicted molar refractivity (Wildman–Crippen MR) is 244 cm³/mol. The lowest BCUT2D eigenvalue weighted by Gasteiger charge is -2.40. The van der Waals surface area contributed by atoms with E-state index in [0.717, 1.165) is 17.8 Å². The van der Waals surface area contributed by atoms with Gasteiger partial charge in [-0.05, 0) is 98.0 Å². The van der Waals surface area contributed by atoms with Crippen molar-refractivity contribution in [2.24, 2.45) is 0 Å². The molecule has 0 amide bonds. The number of hydrogen-bond donors (Lipinski definition) is 0. The summed E-state index contributed by atoms with van der Waals surface area (Å²) in [5.74, 6) is 0. The van der Waals surface area contributed by atoms with Crippen LogP contribution in [-0.4, -0.2) is 0 Å². The molecule has 0 saturated heterocycles. The van der Waals surface area contributed by atoms with Gasteiger partial charge in [-0.25, -0.2) is 0 Å². The van der Waals surface area contributed by atoms with E-state index in [2.05, 4.69) is 230 Å². The third-order valence-corrected chi connectivity index (χ3v) is 14.1. The zero-order valence-corrected chi connectivity index (χ0v) is 33.2. The largest absolute Gasteiger partial charge is 0.309 e. The van der Waals surface area contributed by atoms with Crippen molar-refractivity contribution in [2.75, 3.05) is 4.90 Å². The molecule has 0 aromatic heterocycles. The highest BCUT2D eigenvalue weighted by atomic mass is 32.2. The van der Waals surface area contributed by atoms with E-state index in [0.29, 0.717) is 0 Å². The monoisotopic (exact) mass is 759 g/mol. The lowest BCUT2D eigenvalue weighted by molar-refractivity contribution is 0.570. The van der Waals surface area contributed by atoms with Crippen LogP contribution >= 0.6 is 11.8 Å². The van der Waals surface area contributed by atoms with E-state index >= 15 is 0 Å². The molecule has 2 heteroatoms. The van der Waals surface area contributed by atoms with Crippen molar-refractivity contribution in [3.63, 3.8) is 0 Å². The number of allylic oxidation sites excluding steroid dienone is 4. The second-order valence-electron chi connectivity index (χ2n) is 15.8. The van der Waals surface area contributed by atoms with E-state index in [4.69, 9.17) is 0 Å². The Bertz CT molecular complexity index is 2750. The van der Waals surface area contributed by atoms with Crippen molar-refractivity contribution in [1.82, 2.24) is 0 Å². The van der Waals surface area contributed by atoms with Gasteiger partial charge >= 0.3 is 0 Å². The molecule has 58 heavy (non-hydrogen) atoms. The molecule has 0 fully saturated rings. The number of hydrogen-bond acceptors (Lipinski definition) is 2. The fourth-order valence-corrected chi connectivity index (χ4v) is 11.5. The van der Waals surface area contributed by atoms with E-state index in [1.54, 1.807) is 0 Å². The van der Waals surface area contributed by atoms with Crippen molar-refractivity contribution >= 4 is 28.8 Å². The summed E-state index contributed by atoms with van der Waals surface area (Å²) in [5.41, 5.74) is 17.1. The molecule has 1 aliphatic heterocycles. The van der Waals surface area contributed by atoms with Gasteiger partial charge in [0.1, 0.15) is 0 Å². The third-order valence-electron chi connectivity index (χ3n) is 12.6. The first-order valence-corrected chi connectivity index (χ1v) is 21.1. The second kappa shape index (κ2) is 13.8. The number of fused-ring (bicyclic) bond motifs is 6. The first-order valence-electron chi connectivity index (χ1n) is 20.2. The maximum atomic E-state index is 2.48. The molecule has 0 radical (unpaired) electrons. The van der Waals surface area contributed by atoms with E-state index in [9.17, 15) is 0 Å². The summed E-state index contributed by atoms with van der Waals surface area (Å²) in [6.45, 7) is 2.48. The Morgan fingerprint density at radius 1 is 0.448 bits per heavy atom. The van der Waals surface area contributed by atoms with Gasteiger partial charge in [0.05, 0.1) is 11.1 Å². The van der Waals surface area contributed by atoms with Crippen molar-refractivity contribution in [2.45, 2.75) is 29.1 Å². The minimum absolute atomic E-state index is 0.200. The Labute approximate surface area is 345 Å². The van der Waals surface area contributed by atoms with Gasteiger partial charge in [0.25, 0.3) is 0 Å². The minimum Gasteiger partial charge on any atom is -0.309 e. The molecule has 3 aliphatic rings. The predicted octanol–water partition coefficient (Wildman–Crippen LogP) is 15.1. The molecule has 0 saturated carbocycles. The topological polar surface area (TPSA) is 3.24 Å². The van der Waals surface area contributed by atoms with Crippen molar-refractivity contribution in [3.8, 4) is 33.4 Å². The van der Waals surface area contributed by atoms with Gasteiger partial charge in [-0.1, -0.05) is 207 Å². The highest BCUT2D eigenvalue weighted by molar-refractivity contribution is 8.03. The van der Waals surface area contributed by atoms with Gasteiger partial charge < -0.3 is 4.90 Å². The first kappa shape index (κ1) is 34.6. The highest BCUT2D eigenvalue weighted by Gasteiger charge is 2.52. The van der Waals surface area contributed by atoms with Crippen LogP contribution in [0.3, 0.4) is 0 Å². The molecule has 1 heterocycles. The third kappa shape index (κ3) is 5.25. The summed E-state index contributed by atoms with van der Waals surface area (Å²) in [5, 5.41) is 0. The zero-order valence-electron chi connectivity index (χ0n) is 32.3. The van der Waals surface area contributed by atoms with Gasteiger partial charge in [-0.3, -0.25) is 0 Å². The molecule has 1 atom stereocenters. The summed E-state index contributed by atoms with van der Waals surface area (Å²) >= 11 is 1.99. The van der Waals surface area contributed by atoms with Crippen LogP contribution in [0.5, 0.6) is 0 Å². The number of rotatable bonds is 7. The lowest BCUT2D eigenvalue weighted by Crippen LogP contribution is -2.34. The van der Waals surface area contributed by atoms with E-state index in [1.165, 1.54) is 76.7 Å². The van der Waals surface area contributed by atoms with Gasteiger partial charge in [0.15, 0.2) is 0 Å². The maximum absolute atomic E-state index is 2.48. The summed E-state index contributed by atoms with van der Waals surface area (Å²) < 4.78 is 0. The molecule has 1 unspecified atom stereocenters. The Balaban J connectivity index is 1.11. The van der Waals surface area contributed by atoms with Crippen LogP contribution in [0.25, 0.3) is 33.4 Å². The number of anilines is 3. The van der Waals surface area contributed by atoms with Crippen molar-refractivity contribution < 1.29 is 0 Å². The molecule has 2 aliphatic carbocycles. The SMILES string of the molecule is CC12CC=CC(C3(c4ccccc4)c4ccccc4-c4ccccc43)=C1Sc1c(N(c3ccc(-c4ccccc4)cc3)c3ccc(-c4ccccc4)cc3)cccc12. The summed E-state index contributed by atoms with van der Waals surface area (Å²) in [6, 6.07) is 75.9. The molecular weight excluding hydrogens is 719 g/mol. The van der Waals surface area contributed by atoms with Crippen LogP contribution in [0.4, 0.5) is 17.1 Å². The standard InChI is InChI=1S/C56H41NS/c1-55-38-16-28-51(56(43-21-9-4-10-22-43)48-25-13-11-23-46(48)47-24-12-14-26-49(47)56)54(55)58-53-50(55)27-15-29-52(53)57(44-34-30-41(31-35-44)39-17-5-2-6-18-39)45-36-32-42(33-37-45)40-19-7-3-8-20-40/h2-37H,38H2,1H3. The quantitative estimate of drug-likeness (QED) is 0.159. The Hall–Kier alpha value is -6.61. The van der Waals surface area contributed by atoms with Crippen LogP contribution in [0, 0.1) is 0 Å². The molecule has 8 aromatic carbocycles. The maximum Gasteiger partial charge on any atom is 0.0721 e. The minimum atomic E-state index is -0.461. The van der Waals surface area contributed by atoms with Crippen LogP contribution in [0.2, 0.25) is 0 Å². The first-order chi connectivity index (χ1) is 28.6. The van der Waals surface area contributed by atoms with Crippen LogP contribution in [-0.2, 0) is 10.8 Å². The lowest BCUT2D eigenvalue weighted by atomic mass is 9.63. The zero-order chi connectivity index (χ0) is 38.7. The number of thioether (sulfide) groups is 1. The van der Waals surface area contributed by atoms with Crippen molar-refractivity contribution in [1.29, 1.82) is 0 Å². The van der Waals surface area contributed by atoms with Crippen molar-refractivity contribution in [3.05, 3.63) is 251 Å². The fourth-order valence-electron chi connectivity index (χ4n) is 9.89. The summed E-state index contributed by atoms with van der Waals surface area (Å²) in [7, 11) is 0. The van der Waals surface area contributed by atoms with Gasteiger partial charge in [0.2, 0.25) is 0 Å². The Morgan fingerprint density at radius 2 is 0.914 bits per heavy atom. The summed E-state index contributed by atoms with van der Waals surface area (Å²) in [6.07, 6.45) is 5.85. The second-order valence-corrected chi connectivity index (χ2v) is 16.8. The number of nitrogens with zero attached hydrogens (tertiary/aromatic N) is 1. The van der Waals surface area contributed by atoms with E-state index in [1.807, 2.05) is 11.8 Å². The fraction of sp³-hybridized carbons (Fsp3) is 0.0714. The average Bonchev–Trinajstić information content (AvgIpc) is 3.78. The number of benzene rings is 8. The molecule has 0 bridgehead atoms. The molecule has 0 N–H and O–H groups in total. The van der Waals surface area contributed by atoms with Gasteiger partial charge in [-0.15, -0.1) is 0 Å². The molecule has 1 nitrogen and oxygen atoms in total. The van der Waals surface area contributed by atoms with Crippen LogP contribution in [0.1, 0.15) is 35.6 Å². The normalized spacial score (nSPS) is 17.0.